The lowest BCUT2D eigenvalue weighted by molar-refractivity contribution is 0.378. The molecule has 0 radical (unpaired) electrons. The number of benzene rings is 1. The Morgan fingerprint density at radius 1 is 1.54 bits per heavy atom. The fourth-order valence-electron chi connectivity index (χ4n) is 1.04. The second kappa shape index (κ2) is 4.33. The van der Waals surface area contributed by atoms with Crippen LogP contribution in [0.15, 0.2) is 15.4 Å². The molecule has 1 nitrogen and oxygen atoms in total. The van der Waals surface area contributed by atoms with E-state index in [0.717, 1.165) is 5.56 Å². The zero-order valence-electron chi connectivity index (χ0n) is 7.65. The Kier molecular flexibility index (Phi) is 3.62. The van der Waals surface area contributed by atoms with Gasteiger partial charge in [0.2, 0.25) is 0 Å². The smallest absolute Gasteiger partial charge is 0.179 e. The van der Waals surface area contributed by atoms with Crippen LogP contribution >= 0.6 is 27.7 Å². The third kappa shape index (κ3) is 1.99. The van der Waals surface area contributed by atoms with Crippen molar-refractivity contribution in [2.75, 3.05) is 13.4 Å². The number of rotatable bonds is 2. The molecule has 0 N–H and O–H groups in total. The highest BCUT2D eigenvalue weighted by molar-refractivity contribution is 9.10. The van der Waals surface area contributed by atoms with Crippen molar-refractivity contribution >= 4 is 27.7 Å². The molecule has 0 aliphatic rings. The molecule has 1 aromatic carbocycles. The summed E-state index contributed by atoms with van der Waals surface area (Å²) in [7, 11) is 1.46. The van der Waals surface area contributed by atoms with Gasteiger partial charge in [-0.1, -0.05) is 0 Å². The van der Waals surface area contributed by atoms with E-state index < -0.39 is 0 Å². The fourth-order valence-corrected chi connectivity index (χ4v) is 2.06. The highest BCUT2D eigenvalue weighted by Gasteiger charge is 2.14. The largest absolute Gasteiger partial charge is 0.492 e. The summed E-state index contributed by atoms with van der Waals surface area (Å²) >= 11 is 4.65. The van der Waals surface area contributed by atoms with Crippen molar-refractivity contribution in [2.24, 2.45) is 0 Å². The van der Waals surface area contributed by atoms with E-state index in [2.05, 4.69) is 15.9 Å². The number of halogens is 2. The summed E-state index contributed by atoms with van der Waals surface area (Å²) in [5, 5.41) is 0. The summed E-state index contributed by atoms with van der Waals surface area (Å²) < 4.78 is 19.2. The normalized spacial score (nSPS) is 10.2. The van der Waals surface area contributed by atoms with E-state index >= 15 is 0 Å². The van der Waals surface area contributed by atoms with Crippen LogP contribution in [0.2, 0.25) is 0 Å². The maximum atomic E-state index is 13.5. The van der Waals surface area contributed by atoms with E-state index in [0.29, 0.717) is 9.37 Å². The van der Waals surface area contributed by atoms with Gasteiger partial charge in [-0.25, -0.2) is 4.39 Å². The predicted molar refractivity (Wildman–Crippen MR) is 57.2 cm³/mol. The molecular formula is C9H10BrFOS. The van der Waals surface area contributed by atoms with Gasteiger partial charge in [0, 0.05) is 4.90 Å². The van der Waals surface area contributed by atoms with Crippen molar-refractivity contribution in [2.45, 2.75) is 11.8 Å². The van der Waals surface area contributed by atoms with Gasteiger partial charge in [0.25, 0.3) is 0 Å². The van der Waals surface area contributed by atoms with Crippen LogP contribution in [0, 0.1) is 12.7 Å². The first-order valence-electron chi connectivity index (χ1n) is 3.68. The van der Waals surface area contributed by atoms with Gasteiger partial charge in [-0.2, -0.15) is 0 Å². The summed E-state index contributed by atoms with van der Waals surface area (Å²) in [6, 6.07) is 1.80. The number of methoxy groups -OCH3 is 1. The molecule has 0 unspecified atom stereocenters. The van der Waals surface area contributed by atoms with Crippen LogP contribution in [0.4, 0.5) is 4.39 Å². The van der Waals surface area contributed by atoms with Gasteiger partial charge >= 0.3 is 0 Å². The molecule has 0 aliphatic carbocycles. The van der Waals surface area contributed by atoms with Crippen molar-refractivity contribution in [1.82, 2.24) is 0 Å². The van der Waals surface area contributed by atoms with Gasteiger partial charge in [0.1, 0.15) is 0 Å². The molecule has 13 heavy (non-hydrogen) atoms. The van der Waals surface area contributed by atoms with Gasteiger partial charge in [0.05, 0.1) is 11.6 Å². The van der Waals surface area contributed by atoms with Crippen molar-refractivity contribution < 1.29 is 9.13 Å². The van der Waals surface area contributed by atoms with E-state index in [1.165, 1.54) is 18.9 Å². The molecule has 0 saturated heterocycles. The number of aryl methyl sites for hydroxylation is 1. The van der Waals surface area contributed by atoms with Crippen LogP contribution in [-0.4, -0.2) is 13.4 Å². The van der Waals surface area contributed by atoms with E-state index in [4.69, 9.17) is 4.74 Å². The van der Waals surface area contributed by atoms with Crippen LogP contribution in [0.3, 0.4) is 0 Å². The number of thioether (sulfide) groups is 1. The quantitative estimate of drug-likeness (QED) is 0.755. The summed E-state index contributed by atoms with van der Waals surface area (Å²) in [4.78, 5) is 0.609. The molecule has 4 heteroatoms. The summed E-state index contributed by atoms with van der Waals surface area (Å²) in [5.41, 5.74) is 0.975. The molecular weight excluding hydrogens is 255 g/mol. The van der Waals surface area contributed by atoms with Crippen molar-refractivity contribution in [1.29, 1.82) is 0 Å². The minimum Gasteiger partial charge on any atom is -0.492 e. The van der Waals surface area contributed by atoms with Crippen LogP contribution in [0.5, 0.6) is 5.75 Å². The third-order valence-corrected chi connectivity index (χ3v) is 3.46. The van der Waals surface area contributed by atoms with Crippen molar-refractivity contribution in [3.63, 3.8) is 0 Å². The SMILES string of the molecule is COc1c(F)c(SC)cc(C)c1Br. The average molecular weight is 265 g/mol. The second-order valence-corrected chi connectivity index (χ2v) is 4.20. The van der Waals surface area contributed by atoms with Crippen LogP contribution < -0.4 is 4.74 Å². The first-order valence-corrected chi connectivity index (χ1v) is 5.70. The molecule has 0 heterocycles. The van der Waals surface area contributed by atoms with Gasteiger partial charge in [-0.3, -0.25) is 0 Å². The van der Waals surface area contributed by atoms with Gasteiger partial charge < -0.3 is 4.74 Å². The first-order chi connectivity index (χ1) is 6.11. The summed E-state index contributed by atoms with van der Waals surface area (Å²) in [6.45, 7) is 1.91. The van der Waals surface area contributed by atoms with Crippen LogP contribution in [0.25, 0.3) is 0 Å². The monoisotopic (exact) mass is 264 g/mol. The van der Waals surface area contributed by atoms with Crippen molar-refractivity contribution in [3.05, 3.63) is 21.9 Å². The minimum atomic E-state index is -0.299. The van der Waals surface area contributed by atoms with Crippen molar-refractivity contribution in [3.8, 4) is 5.75 Å². The standard InChI is InChI=1S/C9H10BrFOS/c1-5-4-6(13-3)8(11)9(12-2)7(5)10/h4H,1-3H3. The maximum Gasteiger partial charge on any atom is 0.179 e. The maximum absolute atomic E-state index is 13.5. The lowest BCUT2D eigenvalue weighted by atomic mass is 10.2. The Labute approximate surface area is 89.8 Å². The number of ether oxygens (including phenoxy) is 1. The lowest BCUT2D eigenvalue weighted by Gasteiger charge is -2.10. The zero-order valence-corrected chi connectivity index (χ0v) is 10.1. The summed E-state index contributed by atoms with van der Waals surface area (Å²) in [6.07, 6.45) is 1.84. The Morgan fingerprint density at radius 3 is 2.62 bits per heavy atom. The molecule has 0 spiro atoms. The van der Waals surface area contributed by atoms with E-state index in [1.54, 1.807) is 6.07 Å². The second-order valence-electron chi connectivity index (χ2n) is 2.56. The van der Waals surface area contributed by atoms with E-state index in [1.807, 2.05) is 13.2 Å². The molecule has 72 valence electrons. The molecule has 0 saturated carbocycles. The Hall–Kier alpha value is -0.220. The van der Waals surface area contributed by atoms with E-state index in [9.17, 15) is 4.39 Å². The highest BCUT2D eigenvalue weighted by Crippen LogP contribution is 2.36. The number of hydrogen-bond acceptors (Lipinski definition) is 2. The van der Waals surface area contributed by atoms with Crippen LogP contribution in [-0.2, 0) is 0 Å². The fraction of sp³-hybridized carbons (Fsp3) is 0.333. The van der Waals surface area contributed by atoms with Gasteiger partial charge in [0.15, 0.2) is 11.6 Å². The van der Waals surface area contributed by atoms with Crippen LogP contribution in [0.1, 0.15) is 5.56 Å². The molecule has 0 amide bonds. The topological polar surface area (TPSA) is 9.23 Å². The minimum absolute atomic E-state index is 0.282. The molecule has 1 aromatic rings. The molecule has 1 rings (SSSR count). The van der Waals surface area contributed by atoms with Gasteiger partial charge in [-0.05, 0) is 40.7 Å². The number of hydrogen-bond donors (Lipinski definition) is 0. The summed E-state index contributed by atoms with van der Waals surface area (Å²) in [5.74, 6) is -0.0168. The lowest BCUT2D eigenvalue weighted by Crippen LogP contribution is -1.94. The highest BCUT2D eigenvalue weighted by atomic mass is 79.9. The predicted octanol–water partition coefficient (Wildman–Crippen LogP) is 3.63. The Balaban J connectivity index is 3.39. The average Bonchev–Trinajstić information content (AvgIpc) is 2.12. The van der Waals surface area contributed by atoms with Gasteiger partial charge in [-0.15, -0.1) is 11.8 Å². The Bertz CT molecular complexity index is 328. The zero-order chi connectivity index (χ0) is 10.0. The molecule has 0 aliphatic heterocycles. The molecule has 0 fully saturated rings. The molecule has 0 atom stereocenters. The molecule has 0 bridgehead atoms. The van der Waals surface area contributed by atoms with E-state index in [-0.39, 0.29) is 11.6 Å². The Morgan fingerprint density at radius 2 is 2.15 bits per heavy atom. The first kappa shape index (κ1) is 10.9. The molecule has 0 aromatic heterocycles. The third-order valence-electron chi connectivity index (χ3n) is 1.73.